The molecule has 3 heterocycles. The highest BCUT2D eigenvalue weighted by Crippen LogP contribution is 2.39. The average Bonchev–Trinajstić information content (AvgIpc) is 2.78. The van der Waals surface area contributed by atoms with Crippen molar-refractivity contribution in [3.63, 3.8) is 0 Å². The van der Waals surface area contributed by atoms with Gasteiger partial charge in [0.1, 0.15) is 12.1 Å². The lowest BCUT2D eigenvalue weighted by Gasteiger charge is -2.34. The molecule has 1 atom stereocenters. The number of nitro groups is 1. The van der Waals surface area contributed by atoms with E-state index in [0.29, 0.717) is 18.2 Å². The van der Waals surface area contributed by atoms with Gasteiger partial charge in [-0.3, -0.25) is 10.1 Å². The third-order valence-corrected chi connectivity index (χ3v) is 5.41. The standard InChI is InChI=1S/C22H24N6O2/c1-17-9-6-8-14-26(17)21-20(28(29)30)22(25-16-24-21)27(19-12-5-7-13-23-19)15-18-10-3-2-4-11-18/h2-5,7,10-13,16-17H,6,8-9,14-15H2,1H3. The van der Waals surface area contributed by atoms with Crippen molar-refractivity contribution in [3.8, 4) is 0 Å². The maximum atomic E-state index is 12.2. The lowest BCUT2D eigenvalue weighted by Crippen LogP contribution is -2.38. The summed E-state index contributed by atoms with van der Waals surface area (Å²) in [4.78, 5) is 28.8. The summed E-state index contributed by atoms with van der Waals surface area (Å²) in [6, 6.07) is 15.5. The second-order valence-corrected chi connectivity index (χ2v) is 7.42. The number of aromatic nitrogens is 3. The number of rotatable bonds is 6. The lowest BCUT2D eigenvalue weighted by atomic mass is 10.0. The smallest absolute Gasteiger partial charge is 0.348 e. The molecule has 2 aromatic heterocycles. The fourth-order valence-electron chi connectivity index (χ4n) is 3.89. The summed E-state index contributed by atoms with van der Waals surface area (Å²) in [6.07, 6.45) is 6.20. The third kappa shape index (κ3) is 4.07. The maximum Gasteiger partial charge on any atom is 0.354 e. The number of piperidine rings is 1. The molecule has 1 aliphatic rings. The van der Waals surface area contributed by atoms with Crippen molar-refractivity contribution in [2.75, 3.05) is 16.3 Å². The highest BCUT2D eigenvalue weighted by atomic mass is 16.6. The van der Waals surface area contributed by atoms with Gasteiger partial charge in [0.25, 0.3) is 0 Å². The summed E-state index contributed by atoms with van der Waals surface area (Å²) in [5.41, 5.74) is 0.928. The quantitative estimate of drug-likeness (QED) is 0.441. The molecule has 0 aliphatic carbocycles. The predicted molar refractivity (Wildman–Crippen MR) is 116 cm³/mol. The molecular weight excluding hydrogens is 380 g/mol. The van der Waals surface area contributed by atoms with Gasteiger partial charge >= 0.3 is 5.69 Å². The van der Waals surface area contributed by atoms with E-state index in [0.717, 1.165) is 31.4 Å². The van der Waals surface area contributed by atoms with Crippen molar-refractivity contribution < 1.29 is 4.92 Å². The molecule has 0 spiro atoms. The van der Waals surface area contributed by atoms with Gasteiger partial charge < -0.3 is 9.80 Å². The molecule has 1 fully saturated rings. The zero-order chi connectivity index (χ0) is 20.9. The Morgan fingerprint density at radius 3 is 2.60 bits per heavy atom. The van der Waals surface area contributed by atoms with Gasteiger partial charge in [0, 0.05) is 18.8 Å². The molecule has 8 heteroatoms. The normalized spacial score (nSPS) is 16.3. The van der Waals surface area contributed by atoms with Crippen molar-refractivity contribution >= 4 is 23.1 Å². The van der Waals surface area contributed by atoms with E-state index in [1.165, 1.54) is 6.33 Å². The molecule has 1 aromatic carbocycles. The Bertz CT molecular complexity index is 999. The number of nitrogens with zero attached hydrogens (tertiary/aromatic N) is 6. The number of anilines is 3. The van der Waals surface area contributed by atoms with Crippen LogP contribution in [0.4, 0.5) is 23.1 Å². The number of hydrogen-bond acceptors (Lipinski definition) is 7. The van der Waals surface area contributed by atoms with Crippen molar-refractivity contribution in [1.29, 1.82) is 0 Å². The van der Waals surface area contributed by atoms with Crippen LogP contribution in [0.3, 0.4) is 0 Å². The van der Waals surface area contributed by atoms with Gasteiger partial charge in [0.05, 0.1) is 11.5 Å². The van der Waals surface area contributed by atoms with Gasteiger partial charge in [-0.15, -0.1) is 0 Å². The number of benzene rings is 1. The van der Waals surface area contributed by atoms with E-state index in [1.54, 1.807) is 11.1 Å². The van der Waals surface area contributed by atoms with Gasteiger partial charge in [0.15, 0.2) is 0 Å². The molecule has 4 rings (SSSR count). The third-order valence-electron chi connectivity index (χ3n) is 5.41. The number of pyridine rings is 1. The Morgan fingerprint density at radius 1 is 1.10 bits per heavy atom. The second kappa shape index (κ2) is 8.86. The molecule has 30 heavy (non-hydrogen) atoms. The Kier molecular flexibility index (Phi) is 5.83. The first-order valence-corrected chi connectivity index (χ1v) is 10.1. The van der Waals surface area contributed by atoms with Crippen LogP contribution >= 0.6 is 0 Å². The van der Waals surface area contributed by atoms with E-state index in [9.17, 15) is 10.1 Å². The van der Waals surface area contributed by atoms with E-state index >= 15 is 0 Å². The van der Waals surface area contributed by atoms with Gasteiger partial charge in [-0.1, -0.05) is 36.4 Å². The minimum atomic E-state index is -0.368. The van der Waals surface area contributed by atoms with Crippen molar-refractivity contribution in [2.24, 2.45) is 0 Å². The topological polar surface area (TPSA) is 88.3 Å². The van der Waals surface area contributed by atoms with Crippen LogP contribution in [0.1, 0.15) is 31.7 Å². The van der Waals surface area contributed by atoms with E-state index in [4.69, 9.17) is 0 Å². The van der Waals surface area contributed by atoms with Crippen LogP contribution in [-0.4, -0.2) is 32.5 Å². The molecule has 1 unspecified atom stereocenters. The first kappa shape index (κ1) is 19.8. The van der Waals surface area contributed by atoms with E-state index in [-0.39, 0.29) is 22.5 Å². The van der Waals surface area contributed by atoms with Crippen LogP contribution in [0.15, 0.2) is 61.1 Å². The Labute approximate surface area is 175 Å². The predicted octanol–water partition coefficient (Wildman–Crippen LogP) is 4.50. The van der Waals surface area contributed by atoms with Crippen molar-refractivity contribution in [2.45, 2.75) is 38.8 Å². The fourth-order valence-corrected chi connectivity index (χ4v) is 3.89. The Morgan fingerprint density at radius 2 is 1.90 bits per heavy atom. The molecule has 0 amide bonds. The molecule has 0 radical (unpaired) electrons. The van der Waals surface area contributed by atoms with Crippen LogP contribution in [0.25, 0.3) is 0 Å². The first-order valence-electron chi connectivity index (χ1n) is 10.1. The van der Waals surface area contributed by atoms with Crippen LogP contribution in [0.2, 0.25) is 0 Å². The van der Waals surface area contributed by atoms with E-state index in [2.05, 4.69) is 21.9 Å². The Hall–Kier alpha value is -3.55. The van der Waals surface area contributed by atoms with Crippen LogP contribution in [0.5, 0.6) is 0 Å². The summed E-state index contributed by atoms with van der Waals surface area (Å²) in [6.45, 7) is 3.25. The minimum Gasteiger partial charge on any atom is -0.348 e. The van der Waals surface area contributed by atoms with Crippen LogP contribution in [-0.2, 0) is 6.54 Å². The molecule has 1 aliphatic heterocycles. The molecule has 154 valence electrons. The molecule has 1 saturated heterocycles. The first-order chi connectivity index (χ1) is 14.6. The van der Waals surface area contributed by atoms with E-state index in [1.807, 2.05) is 53.4 Å². The van der Waals surface area contributed by atoms with Gasteiger partial charge in [-0.2, -0.15) is 0 Å². The molecule has 0 bridgehead atoms. The molecule has 8 nitrogen and oxygen atoms in total. The van der Waals surface area contributed by atoms with Gasteiger partial charge in [0.2, 0.25) is 11.6 Å². The highest BCUT2D eigenvalue weighted by molar-refractivity contribution is 5.75. The summed E-state index contributed by atoms with van der Waals surface area (Å²) in [5, 5.41) is 12.2. The molecule has 3 aromatic rings. The van der Waals surface area contributed by atoms with Crippen molar-refractivity contribution in [3.05, 3.63) is 76.7 Å². The van der Waals surface area contributed by atoms with Crippen LogP contribution < -0.4 is 9.80 Å². The summed E-state index contributed by atoms with van der Waals surface area (Å²) < 4.78 is 0. The second-order valence-electron chi connectivity index (χ2n) is 7.42. The number of hydrogen-bond donors (Lipinski definition) is 0. The summed E-state index contributed by atoms with van der Waals surface area (Å²) in [7, 11) is 0. The molecule has 0 N–H and O–H groups in total. The Balaban J connectivity index is 1.84. The SMILES string of the molecule is CC1CCCCN1c1ncnc(N(Cc2ccccc2)c2ccccn2)c1[N+](=O)[O-]. The lowest BCUT2D eigenvalue weighted by molar-refractivity contribution is -0.383. The van der Waals surface area contributed by atoms with Crippen LogP contribution in [0, 0.1) is 10.1 Å². The monoisotopic (exact) mass is 404 g/mol. The highest BCUT2D eigenvalue weighted by Gasteiger charge is 2.33. The zero-order valence-electron chi connectivity index (χ0n) is 16.9. The minimum absolute atomic E-state index is 0.0761. The zero-order valence-corrected chi connectivity index (χ0v) is 16.9. The molecular formula is C22H24N6O2. The molecule has 0 saturated carbocycles. The fraction of sp³-hybridized carbons (Fsp3) is 0.318. The van der Waals surface area contributed by atoms with E-state index < -0.39 is 0 Å². The van der Waals surface area contributed by atoms with Gasteiger partial charge in [-0.25, -0.2) is 15.0 Å². The summed E-state index contributed by atoms with van der Waals surface area (Å²) in [5.74, 6) is 1.23. The van der Waals surface area contributed by atoms with Gasteiger partial charge in [-0.05, 0) is 43.9 Å². The van der Waals surface area contributed by atoms with Crippen molar-refractivity contribution in [1.82, 2.24) is 15.0 Å². The maximum absolute atomic E-state index is 12.2. The summed E-state index contributed by atoms with van der Waals surface area (Å²) >= 11 is 0. The largest absolute Gasteiger partial charge is 0.354 e. The average molecular weight is 404 g/mol.